The van der Waals surface area contributed by atoms with Gasteiger partial charge in [-0.05, 0) is 49.2 Å². The molecule has 8 heteroatoms. The van der Waals surface area contributed by atoms with Crippen molar-refractivity contribution in [2.75, 3.05) is 25.0 Å². The average molecular weight is 466 g/mol. The Morgan fingerprint density at radius 1 is 1.09 bits per heavy atom. The van der Waals surface area contributed by atoms with Crippen molar-refractivity contribution in [3.63, 3.8) is 0 Å². The maximum Gasteiger partial charge on any atom is 0.334 e. The van der Waals surface area contributed by atoms with E-state index < -0.39 is 6.04 Å². The Morgan fingerprint density at radius 2 is 1.71 bits per heavy atom. The summed E-state index contributed by atoms with van der Waals surface area (Å²) in [6.45, 7) is 7.41. The largest absolute Gasteiger partial charge is 0.490 e. The predicted octanol–water partition coefficient (Wildman–Crippen LogP) is 3.88. The second kappa shape index (κ2) is 11.0. The Morgan fingerprint density at radius 3 is 2.26 bits per heavy atom. The van der Waals surface area contributed by atoms with Gasteiger partial charge < -0.3 is 25.0 Å². The van der Waals surface area contributed by atoms with Crippen LogP contribution in [0, 0.1) is 16.7 Å². The molecular formula is C26H35N5O3. The van der Waals surface area contributed by atoms with Gasteiger partial charge in [0.1, 0.15) is 29.5 Å². The molecule has 0 aromatic heterocycles. The van der Waals surface area contributed by atoms with E-state index in [-0.39, 0.29) is 23.8 Å². The number of nitrogens with one attached hydrogen (secondary N) is 2. The minimum Gasteiger partial charge on any atom is -0.490 e. The first-order valence-corrected chi connectivity index (χ1v) is 11.6. The number of ether oxygens (including phenoxy) is 2. The lowest BCUT2D eigenvalue weighted by Crippen LogP contribution is -2.45. The molecule has 0 unspecified atom stereocenters. The molecule has 182 valence electrons. The number of carbonyl (C=O) groups excluding carboxylic acids is 1. The molecule has 1 aliphatic rings. The predicted molar refractivity (Wildman–Crippen MR) is 135 cm³/mol. The lowest BCUT2D eigenvalue weighted by atomic mass is 10.0. The van der Waals surface area contributed by atoms with Crippen LogP contribution in [0.3, 0.4) is 0 Å². The number of amidine groups is 2. The third-order valence-electron chi connectivity index (χ3n) is 6.12. The standard InChI is InChI=1S/C26H35N5O3/c1-17(2)24(30(4)20-7-5-6-19(16-20)25(28)29)26(32)34-22-10-8-21(9-11-22)33-23-12-14-31(15-13-23)18(3)27/h5-11,16-17,23-24,27H,12-15H2,1-4H3,(H3,28,29)/t24-/m0/s1. The average Bonchev–Trinajstić information content (AvgIpc) is 2.80. The summed E-state index contributed by atoms with van der Waals surface area (Å²) in [5, 5.41) is 15.4. The van der Waals surface area contributed by atoms with Gasteiger partial charge >= 0.3 is 5.97 Å². The van der Waals surface area contributed by atoms with E-state index in [1.165, 1.54) is 0 Å². The summed E-state index contributed by atoms with van der Waals surface area (Å²) in [5.74, 6) is 1.43. The molecule has 34 heavy (non-hydrogen) atoms. The molecule has 4 N–H and O–H groups in total. The zero-order chi connectivity index (χ0) is 24.8. The number of carbonyl (C=O) groups is 1. The summed E-state index contributed by atoms with van der Waals surface area (Å²) in [5.41, 5.74) is 7.02. The topological polar surface area (TPSA) is 116 Å². The summed E-state index contributed by atoms with van der Waals surface area (Å²) in [6.07, 6.45) is 1.87. The first-order chi connectivity index (χ1) is 16.2. The van der Waals surface area contributed by atoms with Crippen molar-refractivity contribution < 1.29 is 14.3 Å². The molecule has 1 heterocycles. The summed E-state index contributed by atoms with van der Waals surface area (Å²) >= 11 is 0. The Bertz CT molecular complexity index is 1010. The van der Waals surface area contributed by atoms with Gasteiger partial charge in [-0.1, -0.05) is 26.0 Å². The number of nitrogens with zero attached hydrogens (tertiary/aromatic N) is 2. The van der Waals surface area contributed by atoms with Crippen LogP contribution < -0.4 is 20.1 Å². The van der Waals surface area contributed by atoms with Crippen LogP contribution in [0.2, 0.25) is 0 Å². The Hall–Kier alpha value is -3.55. The fourth-order valence-electron chi connectivity index (χ4n) is 4.20. The van der Waals surface area contributed by atoms with Crippen molar-refractivity contribution in [2.45, 2.75) is 45.8 Å². The molecule has 0 bridgehead atoms. The van der Waals surface area contributed by atoms with E-state index in [1.54, 1.807) is 24.3 Å². The molecule has 0 amide bonds. The zero-order valence-electron chi connectivity index (χ0n) is 20.4. The minimum atomic E-state index is -0.513. The van der Waals surface area contributed by atoms with Crippen LogP contribution in [0.5, 0.6) is 11.5 Å². The highest BCUT2D eigenvalue weighted by atomic mass is 16.5. The molecule has 1 aliphatic heterocycles. The molecule has 0 spiro atoms. The van der Waals surface area contributed by atoms with Crippen LogP contribution in [-0.2, 0) is 4.79 Å². The van der Waals surface area contributed by atoms with E-state index in [4.69, 9.17) is 26.0 Å². The number of rotatable bonds is 8. The van der Waals surface area contributed by atoms with Crippen molar-refractivity contribution >= 4 is 23.3 Å². The maximum atomic E-state index is 13.1. The molecule has 8 nitrogen and oxygen atoms in total. The normalized spacial score (nSPS) is 15.0. The van der Waals surface area contributed by atoms with E-state index in [0.717, 1.165) is 37.4 Å². The van der Waals surface area contributed by atoms with E-state index in [2.05, 4.69) is 4.90 Å². The van der Waals surface area contributed by atoms with Gasteiger partial charge in [-0.25, -0.2) is 4.79 Å². The lowest BCUT2D eigenvalue weighted by molar-refractivity contribution is -0.136. The smallest absolute Gasteiger partial charge is 0.334 e. The highest BCUT2D eigenvalue weighted by Gasteiger charge is 2.29. The van der Waals surface area contributed by atoms with Crippen molar-refractivity contribution in [2.24, 2.45) is 11.7 Å². The van der Waals surface area contributed by atoms with Crippen LogP contribution >= 0.6 is 0 Å². The number of nitrogens with two attached hydrogens (primary N) is 1. The molecule has 3 rings (SSSR count). The van der Waals surface area contributed by atoms with Crippen molar-refractivity contribution in [3.8, 4) is 11.5 Å². The lowest BCUT2D eigenvalue weighted by Gasteiger charge is -2.32. The number of likely N-dealkylation sites (tertiary alicyclic amines) is 1. The van der Waals surface area contributed by atoms with Gasteiger partial charge in [0, 0.05) is 44.2 Å². The molecule has 2 aromatic rings. The minimum absolute atomic E-state index is 0.00318. The molecule has 2 aromatic carbocycles. The monoisotopic (exact) mass is 465 g/mol. The van der Waals surface area contributed by atoms with E-state index in [0.29, 0.717) is 17.1 Å². The van der Waals surface area contributed by atoms with Gasteiger partial charge in [0.2, 0.25) is 0 Å². The van der Waals surface area contributed by atoms with Crippen LogP contribution in [0.4, 0.5) is 5.69 Å². The number of nitrogen functional groups attached to an aromatic ring is 1. The molecule has 1 fully saturated rings. The number of piperidine rings is 1. The van der Waals surface area contributed by atoms with Gasteiger partial charge in [-0.2, -0.15) is 0 Å². The maximum absolute atomic E-state index is 13.1. The number of hydrogen-bond donors (Lipinski definition) is 3. The summed E-state index contributed by atoms with van der Waals surface area (Å²) in [7, 11) is 1.84. The fraction of sp³-hybridized carbons (Fsp3) is 0.423. The van der Waals surface area contributed by atoms with Gasteiger partial charge in [0.05, 0.1) is 5.84 Å². The number of esters is 1. The third kappa shape index (κ3) is 6.27. The molecule has 0 radical (unpaired) electrons. The van der Waals surface area contributed by atoms with Crippen LogP contribution in [0.25, 0.3) is 0 Å². The van der Waals surface area contributed by atoms with Crippen LogP contribution in [0.1, 0.15) is 39.2 Å². The Balaban J connectivity index is 1.62. The fourth-order valence-corrected chi connectivity index (χ4v) is 4.20. The molecule has 1 atom stereocenters. The highest BCUT2D eigenvalue weighted by molar-refractivity contribution is 5.96. The highest BCUT2D eigenvalue weighted by Crippen LogP contribution is 2.25. The quantitative estimate of drug-likeness (QED) is 0.236. The molecule has 0 saturated carbocycles. The number of anilines is 1. The summed E-state index contributed by atoms with van der Waals surface area (Å²) in [6, 6.07) is 13.9. The van der Waals surface area contributed by atoms with Crippen molar-refractivity contribution in [3.05, 3.63) is 54.1 Å². The Labute approximate surface area is 201 Å². The second-order valence-electron chi connectivity index (χ2n) is 9.05. The zero-order valence-corrected chi connectivity index (χ0v) is 20.4. The van der Waals surface area contributed by atoms with Crippen molar-refractivity contribution in [1.82, 2.24) is 4.90 Å². The number of likely N-dealkylation sites (N-methyl/N-ethyl adjacent to an activating group) is 1. The number of hydrogen-bond acceptors (Lipinski definition) is 6. The second-order valence-corrected chi connectivity index (χ2v) is 9.05. The first kappa shape index (κ1) is 25.1. The molecular weight excluding hydrogens is 430 g/mol. The van der Waals surface area contributed by atoms with Gasteiger partial charge in [0.25, 0.3) is 0 Å². The summed E-state index contributed by atoms with van der Waals surface area (Å²) < 4.78 is 11.8. The first-order valence-electron chi connectivity index (χ1n) is 11.6. The SMILES string of the molecule is CC(=N)N1CCC(Oc2ccc(OC(=O)[C@H](C(C)C)N(C)c3cccc(C(=N)N)c3)cc2)CC1. The van der Waals surface area contributed by atoms with E-state index in [1.807, 2.05) is 57.0 Å². The molecule has 1 saturated heterocycles. The Kier molecular flexibility index (Phi) is 8.15. The van der Waals surface area contributed by atoms with Gasteiger partial charge in [0.15, 0.2) is 0 Å². The molecule has 0 aliphatic carbocycles. The van der Waals surface area contributed by atoms with Gasteiger partial charge in [-0.3, -0.25) is 10.8 Å². The number of benzene rings is 2. The van der Waals surface area contributed by atoms with E-state index in [9.17, 15) is 4.79 Å². The van der Waals surface area contributed by atoms with E-state index >= 15 is 0 Å². The van der Waals surface area contributed by atoms with Crippen LogP contribution in [0.15, 0.2) is 48.5 Å². The van der Waals surface area contributed by atoms with Crippen LogP contribution in [-0.4, -0.2) is 54.8 Å². The summed E-state index contributed by atoms with van der Waals surface area (Å²) in [4.78, 5) is 17.0. The third-order valence-corrected chi connectivity index (χ3v) is 6.12. The van der Waals surface area contributed by atoms with Crippen molar-refractivity contribution in [1.29, 1.82) is 10.8 Å². The van der Waals surface area contributed by atoms with Gasteiger partial charge in [-0.15, -0.1) is 0 Å².